The Morgan fingerprint density at radius 3 is 2.22 bits per heavy atom. The quantitative estimate of drug-likeness (QED) is 0.696. The molecule has 2 saturated heterocycles. The molecule has 168 valence electrons. The van der Waals surface area contributed by atoms with Crippen LogP contribution in [0.1, 0.15) is 17.5 Å². The average molecular weight is 436 g/mol. The largest absolute Gasteiger partial charge is 0.497 e. The molecule has 0 bridgehead atoms. The first kappa shape index (κ1) is 21.9. The molecule has 7 nitrogen and oxygen atoms in total. The highest BCUT2D eigenvalue weighted by Gasteiger charge is 2.37. The van der Waals surface area contributed by atoms with Crippen LogP contribution in [-0.2, 0) is 27.3 Å². The van der Waals surface area contributed by atoms with E-state index in [9.17, 15) is 14.4 Å². The molecular formula is C25H29N3O4. The Balaban J connectivity index is 1.26. The second-order valence-electron chi connectivity index (χ2n) is 8.39. The summed E-state index contributed by atoms with van der Waals surface area (Å²) in [5.41, 5.74) is 2.01. The fourth-order valence-corrected chi connectivity index (χ4v) is 4.36. The summed E-state index contributed by atoms with van der Waals surface area (Å²) in [6.45, 7) is 3.07. The smallest absolute Gasteiger partial charge is 0.228 e. The van der Waals surface area contributed by atoms with Gasteiger partial charge in [0.25, 0.3) is 0 Å². The van der Waals surface area contributed by atoms with Crippen LogP contribution < -0.4 is 4.74 Å². The predicted octanol–water partition coefficient (Wildman–Crippen LogP) is 1.96. The molecule has 4 rings (SSSR count). The minimum absolute atomic E-state index is 0.0242. The maximum atomic E-state index is 13.0. The van der Waals surface area contributed by atoms with E-state index in [2.05, 4.69) is 0 Å². The summed E-state index contributed by atoms with van der Waals surface area (Å²) in [6.07, 6.45) is 0.603. The molecule has 1 atom stereocenters. The lowest BCUT2D eigenvalue weighted by Crippen LogP contribution is -2.52. The van der Waals surface area contributed by atoms with Crippen molar-refractivity contribution >= 4 is 17.7 Å². The van der Waals surface area contributed by atoms with Gasteiger partial charge in [-0.3, -0.25) is 14.4 Å². The second kappa shape index (κ2) is 9.85. The molecule has 0 spiro atoms. The van der Waals surface area contributed by atoms with Crippen molar-refractivity contribution in [1.82, 2.24) is 14.7 Å². The standard InChI is InChI=1S/C25H29N3O4/c1-32-22-9-7-19(8-10-22)15-23(29)26-11-13-27(14-12-26)25(31)21-16-24(30)28(18-21)17-20-5-3-2-4-6-20/h2-10,21H,11-18H2,1H3. The molecule has 0 aromatic heterocycles. The van der Waals surface area contributed by atoms with Crippen LogP contribution in [0.5, 0.6) is 5.75 Å². The lowest BCUT2D eigenvalue weighted by atomic mass is 10.1. The minimum atomic E-state index is -0.298. The minimum Gasteiger partial charge on any atom is -0.497 e. The van der Waals surface area contributed by atoms with E-state index in [-0.39, 0.29) is 30.1 Å². The number of piperazine rings is 1. The number of benzene rings is 2. The summed E-state index contributed by atoms with van der Waals surface area (Å²) in [5.74, 6) is 0.581. The average Bonchev–Trinajstić information content (AvgIpc) is 3.20. The van der Waals surface area contributed by atoms with Gasteiger partial charge in [-0.05, 0) is 23.3 Å². The molecule has 1 unspecified atom stereocenters. The first-order valence-corrected chi connectivity index (χ1v) is 11.0. The summed E-state index contributed by atoms with van der Waals surface area (Å²) in [7, 11) is 1.61. The van der Waals surface area contributed by atoms with Gasteiger partial charge >= 0.3 is 0 Å². The van der Waals surface area contributed by atoms with Crippen LogP contribution in [0.25, 0.3) is 0 Å². The van der Waals surface area contributed by atoms with Gasteiger partial charge in [-0.15, -0.1) is 0 Å². The van der Waals surface area contributed by atoms with Gasteiger partial charge in [-0.1, -0.05) is 42.5 Å². The van der Waals surface area contributed by atoms with Gasteiger partial charge in [-0.25, -0.2) is 0 Å². The fraction of sp³-hybridized carbons (Fsp3) is 0.400. The van der Waals surface area contributed by atoms with Crippen molar-refractivity contribution in [3.63, 3.8) is 0 Å². The maximum absolute atomic E-state index is 13.0. The number of likely N-dealkylation sites (tertiary alicyclic amines) is 1. The van der Waals surface area contributed by atoms with Gasteiger partial charge in [-0.2, -0.15) is 0 Å². The van der Waals surface area contributed by atoms with E-state index in [0.717, 1.165) is 16.9 Å². The predicted molar refractivity (Wildman–Crippen MR) is 120 cm³/mol. The van der Waals surface area contributed by atoms with Crippen molar-refractivity contribution < 1.29 is 19.1 Å². The van der Waals surface area contributed by atoms with Crippen LogP contribution >= 0.6 is 0 Å². The molecule has 2 fully saturated rings. The fourth-order valence-electron chi connectivity index (χ4n) is 4.36. The Kier molecular flexibility index (Phi) is 6.73. The number of nitrogens with zero attached hydrogens (tertiary/aromatic N) is 3. The molecule has 2 aromatic rings. The molecule has 0 N–H and O–H groups in total. The topological polar surface area (TPSA) is 70.2 Å². The lowest BCUT2D eigenvalue weighted by molar-refractivity contribution is -0.141. The number of amides is 3. The van der Waals surface area contributed by atoms with Crippen LogP contribution in [0.15, 0.2) is 54.6 Å². The molecule has 7 heteroatoms. The van der Waals surface area contributed by atoms with E-state index >= 15 is 0 Å². The molecule has 0 aliphatic carbocycles. The number of rotatable bonds is 6. The van der Waals surface area contributed by atoms with E-state index in [1.165, 1.54) is 0 Å². The Hall–Kier alpha value is -3.35. The monoisotopic (exact) mass is 435 g/mol. The lowest BCUT2D eigenvalue weighted by Gasteiger charge is -2.36. The van der Waals surface area contributed by atoms with Gasteiger partial charge < -0.3 is 19.4 Å². The molecule has 2 aliphatic rings. The molecular weight excluding hydrogens is 406 g/mol. The van der Waals surface area contributed by atoms with Crippen LogP contribution in [0.4, 0.5) is 0 Å². The number of carbonyl (C=O) groups excluding carboxylic acids is 3. The van der Waals surface area contributed by atoms with Gasteiger partial charge in [0, 0.05) is 45.7 Å². The highest BCUT2D eigenvalue weighted by atomic mass is 16.5. The van der Waals surface area contributed by atoms with Crippen LogP contribution in [0.3, 0.4) is 0 Å². The van der Waals surface area contributed by atoms with Crippen molar-refractivity contribution in [3.8, 4) is 5.75 Å². The summed E-state index contributed by atoms with van der Waals surface area (Å²) in [6, 6.07) is 17.3. The molecule has 3 amide bonds. The Morgan fingerprint density at radius 1 is 0.906 bits per heavy atom. The van der Waals surface area contributed by atoms with Crippen LogP contribution in [0, 0.1) is 5.92 Å². The first-order chi connectivity index (χ1) is 15.5. The summed E-state index contributed by atoms with van der Waals surface area (Å²) in [5, 5.41) is 0. The molecule has 32 heavy (non-hydrogen) atoms. The van der Waals surface area contributed by atoms with Gasteiger partial charge in [0.05, 0.1) is 19.4 Å². The van der Waals surface area contributed by atoms with E-state index in [4.69, 9.17) is 4.74 Å². The maximum Gasteiger partial charge on any atom is 0.228 e. The molecule has 2 aliphatic heterocycles. The zero-order chi connectivity index (χ0) is 22.5. The number of hydrogen-bond donors (Lipinski definition) is 0. The second-order valence-corrected chi connectivity index (χ2v) is 8.39. The summed E-state index contributed by atoms with van der Waals surface area (Å²) in [4.78, 5) is 43.5. The van der Waals surface area contributed by atoms with Crippen LogP contribution in [0.2, 0.25) is 0 Å². The molecule has 2 aromatic carbocycles. The van der Waals surface area contributed by atoms with Crippen molar-refractivity contribution in [2.24, 2.45) is 5.92 Å². The Labute approximate surface area is 188 Å². The molecule has 0 saturated carbocycles. The van der Waals surface area contributed by atoms with E-state index in [1.54, 1.807) is 16.9 Å². The number of ether oxygens (including phenoxy) is 1. The highest BCUT2D eigenvalue weighted by Crippen LogP contribution is 2.23. The summed E-state index contributed by atoms with van der Waals surface area (Å²) >= 11 is 0. The van der Waals surface area contributed by atoms with Crippen molar-refractivity contribution in [2.75, 3.05) is 39.8 Å². The normalized spacial score (nSPS) is 18.7. The van der Waals surface area contributed by atoms with Crippen molar-refractivity contribution in [1.29, 1.82) is 0 Å². The van der Waals surface area contributed by atoms with Gasteiger partial charge in [0.1, 0.15) is 5.75 Å². The van der Waals surface area contributed by atoms with Gasteiger partial charge in [0.15, 0.2) is 0 Å². The third kappa shape index (κ3) is 5.10. The van der Waals surface area contributed by atoms with Gasteiger partial charge in [0.2, 0.25) is 17.7 Å². The van der Waals surface area contributed by atoms with E-state index in [1.807, 2.05) is 59.5 Å². The number of carbonyl (C=O) groups is 3. The highest BCUT2D eigenvalue weighted by molar-refractivity contribution is 5.89. The number of hydrogen-bond acceptors (Lipinski definition) is 4. The SMILES string of the molecule is COc1ccc(CC(=O)N2CCN(C(=O)C3CC(=O)N(Cc4ccccc4)C3)CC2)cc1. The Bertz CT molecular complexity index is 953. The number of methoxy groups -OCH3 is 1. The third-order valence-corrected chi connectivity index (χ3v) is 6.24. The first-order valence-electron chi connectivity index (χ1n) is 11.0. The summed E-state index contributed by atoms with van der Waals surface area (Å²) < 4.78 is 5.15. The zero-order valence-electron chi connectivity index (χ0n) is 18.4. The Morgan fingerprint density at radius 2 is 1.56 bits per heavy atom. The van der Waals surface area contributed by atoms with Crippen molar-refractivity contribution in [3.05, 3.63) is 65.7 Å². The zero-order valence-corrected chi connectivity index (χ0v) is 18.4. The third-order valence-electron chi connectivity index (χ3n) is 6.24. The van der Waals surface area contributed by atoms with Crippen LogP contribution in [-0.4, -0.2) is 72.3 Å². The van der Waals surface area contributed by atoms with E-state index < -0.39 is 0 Å². The molecule has 2 heterocycles. The molecule has 0 radical (unpaired) electrons. The van der Waals surface area contributed by atoms with E-state index in [0.29, 0.717) is 45.7 Å². The van der Waals surface area contributed by atoms with Crippen molar-refractivity contribution in [2.45, 2.75) is 19.4 Å².